The average Bonchev–Trinajstić information content (AvgIpc) is 3.07. The maximum absolute atomic E-state index is 11.5. The summed E-state index contributed by atoms with van der Waals surface area (Å²) in [5.74, 6) is 1.25. The summed E-state index contributed by atoms with van der Waals surface area (Å²) in [6, 6.07) is 4.30. The highest BCUT2D eigenvalue weighted by molar-refractivity contribution is 5.72. The Bertz CT molecular complexity index is 918. The first-order chi connectivity index (χ1) is 14.3. The minimum absolute atomic E-state index is 0.0744. The molecule has 5 rings (SSSR count). The summed E-state index contributed by atoms with van der Waals surface area (Å²) >= 11 is 0. The topological polar surface area (TPSA) is 39.2 Å². The zero-order chi connectivity index (χ0) is 21.1. The van der Waals surface area contributed by atoms with Crippen LogP contribution in [0.2, 0.25) is 0 Å². The number of fused-ring (bicyclic) bond motifs is 5. The third kappa shape index (κ3) is 2.77. The van der Waals surface area contributed by atoms with Gasteiger partial charge in [-0.05, 0) is 83.8 Å². The highest BCUT2D eigenvalue weighted by Gasteiger charge is 2.62. The standard InChI is InChI=1S/C27H35NO2/c1-18(29)30-21-10-13-25(2)20(16-21)9-12-27(4)23-8-7-22(19-6-5-15-28-17-19)26(23,3)14-11-24(25)27/h5-7,9,15,17,21,23-24H,8,10-14,16H2,1-4H3/t21-,23+,24+,25-,26+,27-/m0/s1. The van der Waals surface area contributed by atoms with E-state index >= 15 is 0 Å². The first-order valence-corrected chi connectivity index (χ1v) is 11.8. The van der Waals surface area contributed by atoms with Gasteiger partial charge in [0.25, 0.3) is 0 Å². The molecule has 3 nitrogen and oxygen atoms in total. The Morgan fingerprint density at radius 3 is 2.63 bits per heavy atom. The van der Waals surface area contributed by atoms with Crippen LogP contribution in [-0.2, 0) is 9.53 Å². The minimum Gasteiger partial charge on any atom is -0.462 e. The first kappa shape index (κ1) is 20.0. The summed E-state index contributed by atoms with van der Waals surface area (Å²) in [6.07, 6.45) is 17.0. The lowest BCUT2D eigenvalue weighted by Crippen LogP contribution is -2.55. The summed E-state index contributed by atoms with van der Waals surface area (Å²) < 4.78 is 5.60. The molecule has 0 amide bonds. The summed E-state index contributed by atoms with van der Waals surface area (Å²) in [4.78, 5) is 15.9. The largest absolute Gasteiger partial charge is 0.462 e. The molecule has 0 saturated heterocycles. The normalized spacial score (nSPS) is 42.3. The number of aromatic nitrogens is 1. The molecular formula is C27H35NO2. The van der Waals surface area contributed by atoms with Gasteiger partial charge >= 0.3 is 5.97 Å². The molecule has 0 N–H and O–H groups in total. The van der Waals surface area contributed by atoms with Gasteiger partial charge in [0.2, 0.25) is 0 Å². The van der Waals surface area contributed by atoms with Crippen LogP contribution in [0.4, 0.5) is 0 Å². The maximum atomic E-state index is 11.5. The Morgan fingerprint density at radius 2 is 1.90 bits per heavy atom. The molecular weight excluding hydrogens is 370 g/mol. The molecule has 1 aromatic rings. The Labute approximate surface area is 181 Å². The SMILES string of the molecule is CC(=O)O[C@H]1CC[C@@]2(C)C(=CC[C@]3(C)[C@@H]2CC[C@]2(C)C(c4cccnc4)=CC[C@@H]32)C1. The van der Waals surface area contributed by atoms with Crippen LogP contribution >= 0.6 is 0 Å². The van der Waals surface area contributed by atoms with Gasteiger partial charge in [0.05, 0.1) is 0 Å². The fourth-order valence-electron chi connectivity index (χ4n) is 8.13. The summed E-state index contributed by atoms with van der Waals surface area (Å²) in [5.41, 5.74) is 5.21. The zero-order valence-corrected chi connectivity index (χ0v) is 18.9. The molecule has 30 heavy (non-hydrogen) atoms. The van der Waals surface area contributed by atoms with Crippen molar-refractivity contribution in [2.24, 2.45) is 28.1 Å². The number of esters is 1. The van der Waals surface area contributed by atoms with E-state index < -0.39 is 0 Å². The van der Waals surface area contributed by atoms with E-state index in [4.69, 9.17) is 4.74 Å². The number of hydrogen-bond donors (Lipinski definition) is 0. The molecule has 0 spiro atoms. The fourth-order valence-corrected chi connectivity index (χ4v) is 8.13. The summed E-state index contributed by atoms with van der Waals surface area (Å²) in [6.45, 7) is 9.15. The van der Waals surface area contributed by atoms with Crippen molar-refractivity contribution >= 4 is 11.5 Å². The van der Waals surface area contributed by atoms with Gasteiger partial charge in [-0.1, -0.05) is 44.6 Å². The van der Waals surface area contributed by atoms with Crippen LogP contribution in [0.15, 0.2) is 42.3 Å². The second-order valence-corrected chi connectivity index (χ2v) is 11.0. The lowest BCUT2D eigenvalue weighted by atomic mass is 9.41. The quantitative estimate of drug-likeness (QED) is 0.424. The molecule has 3 heteroatoms. The van der Waals surface area contributed by atoms with E-state index in [1.165, 1.54) is 37.3 Å². The zero-order valence-electron chi connectivity index (χ0n) is 18.9. The fraction of sp³-hybridized carbons (Fsp3) is 0.630. The van der Waals surface area contributed by atoms with E-state index in [-0.39, 0.29) is 22.9 Å². The van der Waals surface area contributed by atoms with Crippen LogP contribution in [0, 0.1) is 28.1 Å². The number of rotatable bonds is 2. The highest BCUT2D eigenvalue weighted by atomic mass is 16.5. The summed E-state index contributed by atoms with van der Waals surface area (Å²) in [5, 5.41) is 0. The Hall–Kier alpha value is -1.90. The van der Waals surface area contributed by atoms with Gasteiger partial charge < -0.3 is 4.74 Å². The minimum atomic E-state index is -0.141. The highest BCUT2D eigenvalue weighted by Crippen LogP contribution is 2.71. The third-order valence-electron chi connectivity index (χ3n) is 9.52. The molecule has 0 radical (unpaired) electrons. The number of ether oxygens (including phenoxy) is 1. The molecule has 4 aliphatic carbocycles. The van der Waals surface area contributed by atoms with Gasteiger partial charge in [0, 0.05) is 25.7 Å². The molecule has 160 valence electrons. The van der Waals surface area contributed by atoms with E-state index in [1.54, 1.807) is 5.57 Å². The Balaban J connectivity index is 1.46. The number of carbonyl (C=O) groups is 1. The number of pyridine rings is 1. The monoisotopic (exact) mass is 405 g/mol. The van der Waals surface area contributed by atoms with Gasteiger partial charge in [-0.15, -0.1) is 0 Å². The smallest absolute Gasteiger partial charge is 0.302 e. The van der Waals surface area contributed by atoms with Gasteiger partial charge in [-0.3, -0.25) is 9.78 Å². The molecule has 2 saturated carbocycles. The van der Waals surface area contributed by atoms with E-state index in [2.05, 4.69) is 50.0 Å². The van der Waals surface area contributed by atoms with Crippen molar-refractivity contribution in [3.8, 4) is 0 Å². The van der Waals surface area contributed by atoms with Crippen LogP contribution in [0.5, 0.6) is 0 Å². The first-order valence-electron chi connectivity index (χ1n) is 11.8. The molecule has 0 aliphatic heterocycles. The van der Waals surface area contributed by atoms with E-state index in [0.29, 0.717) is 17.3 Å². The Morgan fingerprint density at radius 1 is 1.10 bits per heavy atom. The maximum Gasteiger partial charge on any atom is 0.302 e. The lowest BCUT2D eigenvalue weighted by molar-refractivity contribution is -0.149. The van der Waals surface area contributed by atoms with Crippen LogP contribution in [0.1, 0.15) is 78.2 Å². The molecule has 2 fully saturated rings. The number of nitrogens with zero attached hydrogens (tertiary/aromatic N) is 1. The van der Waals surface area contributed by atoms with Crippen molar-refractivity contribution < 1.29 is 9.53 Å². The van der Waals surface area contributed by atoms with Gasteiger partial charge in [-0.2, -0.15) is 0 Å². The van der Waals surface area contributed by atoms with E-state index in [9.17, 15) is 4.79 Å². The van der Waals surface area contributed by atoms with Gasteiger partial charge in [-0.25, -0.2) is 0 Å². The van der Waals surface area contributed by atoms with E-state index in [1.807, 2.05) is 12.4 Å². The lowest BCUT2D eigenvalue weighted by Gasteiger charge is -2.63. The molecule has 1 heterocycles. The van der Waals surface area contributed by atoms with Crippen LogP contribution in [-0.4, -0.2) is 17.1 Å². The summed E-state index contributed by atoms with van der Waals surface area (Å²) in [7, 11) is 0. The predicted molar refractivity (Wildman–Crippen MR) is 119 cm³/mol. The predicted octanol–water partition coefficient (Wildman–Crippen LogP) is 6.36. The van der Waals surface area contributed by atoms with Crippen molar-refractivity contribution in [3.63, 3.8) is 0 Å². The molecule has 1 aromatic heterocycles. The van der Waals surface area contributed by atoms with Gasteiger partial charge in [0.15, 0.2) is 0 Å². The van der Waals surface area contributed by atoms with Crippen molar-refractivity contribution in [1.29, 1.82) is 0 Å². The van der Waals surface area contributed by atoms with Crippen LogP contribution < -0.4 is 0 Å². The van der Waals surface area contributed by atoms with Crippen molar-refractivity contribution in [2.75, 3.05) is 0 Å². The number of carbonyl (C=O) groups excluding carboxylic acids is 1. The van der Waals surface area contributed by atoms with Crippen molar-refractivity contribution in [2.45, 2.75) is 78.7 Å². The average molecular weight is 406 g/mol. The second-order valence-electron chi connectivity index (χ2n) is 11.0. The number of hydrogen-bond acceptors (Lipinski definition) is 3. The van der Waals surface area contributed by atoms with E-state index in [0.717, 1.165) is 25.7 Å². The van der Waals surface area contributed by atoms with Gasteiger partial charge in [0.1, 0.15) is 6.10 Å². The molecule has 0 bridgehead atoms. The van der Waals surface area contributed by atoms with Crippen molar-refractivity contribution in [3.05, 3.63) is 47.8 Å². The number of allylic oxidation sites excluding steroid dienone is 3. The molecule has 4 aliphatic rings. The third-order valence-corrected chi connectivity index (χ3v) is 9.52. The van der Waals surface area contributed by atoms with Crippen LogP contribution in [0.25, 0.3) is 5.57 Å². The van der Waals surface area contributed by atoms with Crippen molar-refractivity contribution in [1.82, 2.24) is 4.98 Å². The molecule has 0 unspecified atom stereocenters. The van der Waals surface area contributed by atoms with Crippen LogP contribution in [0.3, 0.4) is 0 Å². The molecule has 6 atom stereocenters. The second kappa shape index (κ2) is 6.80. The molecule has 0 aromatic carbocycles. The Kier molecular flexibility index (Phi) is 4.54.